The van der Waals surface area contributed by atoms with Crippen LogP contribution in [0.1, 0.15) is 27.3 Å². The summed E-state index contributed by atoms with van der Waals surface area (Å²) in [4.78, 5) is 23.3. The molecule has 154 valence electrons. The Labute approximate surface area is 178 Å². The average Bonchev–Trinajstić information content (AvgIpc) is 3.06. The van der Waals surface area contributed by atoms with Gasteiger partial charge in [0.2, 0.25) is 0 Å². The summed E-state index contributed by atoms with van der Waals surface area (Å²) in [5.74, 6) is -0.291. The summed E-state index contributed by atoms with van der Waals surface area (Å²) in [6.07, 6.45) is 1.58. The summed E-state index contributed by atoms with van der Waals surface area (Å²) in [5.41, 5.74) is 6.44. The van der Waals surface area contributed by atoms with Crippen molar-refractivity contribution in [2.24, 2.45) is 5.10 Å². The minimum Gasteiger partial charge on any atom is -0.318 e. The highest BCUT2D eigenvalue weighted by atomic mass is 16.6. The molecule has 0 radical (unpaired) electrons. The molecule has 7 heteroatoms. The van der Waals surface area contributed by atoms with Crippen molar-refractivity contribution in [1.29, 1.82) is 0 Å². The Hall–Kier alpha value is -4.26. The minimum absolute atomic E-state index is 0.0302. The zero-order chi connectivity index (χ0) is 22.0. The number of nitrogens with zero attached hydrogens (tertiary/aromatic N) is 3. The van der Waals surface area contributed by atoms with Crippen LogP contribution in [0.3, 0.4) is 0 Å². The third-order valence-corrected chi connectivity index (χ3v) is 5.17. The van der Waals surface area contributed by atoms with E-state index in [-0.39, 0.29) is 11.6 Å². The van der Waals surface area contributed by atoms with Crippen molar-refractivity contribution in [3.63, 3.8) is 0 Å². The van der Waals surface area contributed by atoms with E-state index in [1.807, 2.05) is 66.9 Å². The normalized spacial score (nSPS) is 11.2. The molecule has 0 atom stereocenters. The largest absolute Gasteiger partial charge is 0.318 e. The molecule has 1 heterocycles. The van der Waals surface area contributed by atoms with Gasteiger partial charge in [0.15, 0.2) is 0 Å². The average molecular weight is 412 g/mol. The number of hydrogen-bond acceptors (Lipinski definition) is 4. The molecule has 1 amide bonds. The van der Waals surface area contributed by atoms with E-state index in [1.165, 1.54) is 12.1 Å². The van der Waals surface area contributed by atoms with E-state index >= 15 is 0 Å². The SMILES string of the molecule is Cc1cc(/C=N\NC(=O)c2cccc3ccccc23)c(C)n1-c1cccc([N+](=O)[O-])c1. The molecule has 0 saturated carbocycles. The number of nitrogens with one attached hydrogen (secondary N) is 1. The lowest BCUT2D eigenvalue weighted by Gasteiger charge is -2.09. The van der Waals surface area contributed by atoms with Gasteiger partial charge in [-0.15, -0.1) is 0 Å². The van der Waals surface area contributed by atoms with E-state index in [9.17, 15) is 14.9 Å². The van der Waals surface area contributed by atoms with Crippen molar-refractivity contribution in [2.75, 3.05) is 0 Å². The van der Waals surface area contributed by atoms with Gasteiger partial charge in [0.25, 0.3) is 11.6 Å². The summed E-state index contributed by atoms with van der Waals surface area (Å²) in [5, 5.41) is 17.1. The number of carbonyl (C=O) groups excluding carboxylic acids is 1. The highest BCUT2D eigenvalue weighted by molar-refractivity contribution is 6.07. The molecule has 0 fully saturated rings. The molecule has 0 unspecified atom stereocenters. The predicted molar refractivity (Wildman–Crippen MR) is 121 cm³/mol. The maximum absolute atomic E-state index is 12.6. The topological polar surface area (TPSA) is 89.5 Å². The van der Waals surface area contributed by atoms with Crippen molar-refractivity contribution >= 4 is 28.6 Å². The van der Waals surface area contributed by atoms with Crippen LogP contribution >= 0.6 is 0 Å². The zero-order valence-corrected chi connectivity index (χ0v) is 17.1. The Balaban J connectivity index is 1.58. The number of rotatable bonds is 5. The highest BCUT2D eigenvalue weighted by Gasteiger charge is 2.13. The van der Waals surface area contributed by atoms with Crippen molar-refractivity contribution in [3.05, 3.63) is 105 Å². The second-order valence-electron chi connectivity index (χ2n) is 7.16. The Kier molecular flexibility index (Phi) is 5.32. The first-order valence-corrected chi connectivity index (χ1v) is 9.70. The number of nitro benzene ring substituents is 1. The number of benzene rings is 3. The molecule has 0 aliphatic carbocycles. The van der Waals surface area contributed by atoms with E-state index in [0.717, 1.165) is 27.7 Å². The standard InChI is InChI=1S/C24H20N4O3/c1-16-13-19(17(2)27(16)20-9-6-10-21(14-20)28(30)31)15-25-26-24(29)23-12-5-8-18-7-3-4-11-22(18)23/h3-15H,1-2H3,(H,26,29)/b25-15-. The fourth-order valence-electron chi connectivity index (χ4n) is 3.71. The molecule has 0 spiro atoms. The molecule has 0 aliphatic heterocycles. The first-order valence-electron chi connectivity index (χ1n) is 9.70. The van der Waals surface area contributed by atoms with Gasteiger partial charge in [0, 0.05) is 34.6 Å². The van der Waals surface area contributed by atoms with Crippen molar-refractivity contribution in [3.8, 4) is 5.69 Å². The van der Waals surface area contributed by atoms with Crippen LogP contribution in [0.4, 0.5) is 5.69 Å². The molecule has 3 aromatic carbocycles. The molecule has 7 nitrogen and oxygen atoms in total. The maximum Gasteiger partial charge on any atom is 0.271 e. The van der Waals surface area contributed by atoms with Gasteiger partial charge in [0.05, 0.1) is 16.8 Å². The fraction of sp³-hybridized carbons (Fsp3) is 0.0833. The third-order valence-electron chi connectivity index (χ3n) is 5.17. The van der Waals surface area contributed by atoms with E-state index < -0.39 is 4.92 Å². The summed E-state index contributed by atoms with van der Waals surface area (Å²) in [7, 11) is 0. The van der Waals surface area contributed by atoms with Crippen molar-refractivity contribution < 1.29 is 9.72 Å². The Morgan fingerprint density at radius 3 is 2.58 bits per heavy atom. The van der Waals surface area contributed by atoms with Gasteiger partial charge in [-0.2, -0.15) is 5.10 Å². The van der Waals surface area contributed by atoms with Crippen molar-refractivity contribution in [2.45, 2.75) is 13.8 Å². The van der Waals surface area contributed by atoms with E-state index in [1.54, 1.807) is 18.3 Å². The lowest BCUT2D eigenvalue weighted by Crippen LogP contribution is -2.18. The Bertz CT molecular complexity index is 1330. The van der Waals surface area contributed by atoms with E-state index in [2.05, 4.69) is 10.5 Å². The van der Waals surface area contributed by atoms with Gasteiger partial charge in [-0.05, 0) is 42.8 Å². The maximum atomic E-state index is 12.6. The second kappa shape index (κ2) is 8.23. The molecule has 0 bridgehead atoms. The number of hydrogen-bond donors (Lipinski definition) is 1. The fourth-order valence-corrected chi connectivity index (χ4v) is 3.71. The predicted octanol–water partition coefficient (Wildman–Crippen LogP) is 4.92. The molecule has 0 saturated heterocycles. The number of nitro groups is 1. The summed E-state index contributed by atoms with van der Waals surface area (Å²) in [6.45, 7) is 3.82. The smallest absolute Gasteiger partial charge is 0.271 e. The number of carbonyl (C=O) groups is 1. The highest BCUT2D eigenvalue weighted by Crippen LogP contribution is 2.23. The van der Waals surface area contributed by atoms with Crippen LogP contribution in [0, 0.1) is 24.0 Å². The summed E-state index contributed by atoms with van der Waals surface area (Å²) >= 11 is 0. The summed E-state index contributed by atoms with van der Waals surface area (Å²) in [6, 6.07) is 21.6. The second-order valence-corrected chi connectivity index (χ2v) is 7.16. The Morgan fingerprint density at radius 1 is 1.03 bits per heavy atom. The number of non-ortho nitro benzene ring substituents is 1. The Morgan fingerprint density at radius 2 is 1.77 bits per heavy atom. The number of aryl methyl sites for hydroxylation is 1. The van der Waals surface area contributed by atoms with Crippen molar-refractivity contribution in [1.82, 2.24) is 9.99 Å². The van der Waals surface area contributed by atoms with Crippen LogP contribution < -0.4 is 5.43 Å². The quantitative estimate of drug-likeness (QED) is 0.287. The lowest BCUT2D eigenvalue weighted by atomic mass is 10.0. The van der Waals surface area contributed by atoms with E-state index in [0.29, 0.717) is 11.3 Å². The molecule has 4 aromatic rings. The number of hydrazone groups is 1. The monoisotopic (exact) mass is 412 g/mol. The van der Waals surface area contributed by atoms with Crippen LogP contribution in [0.15, 0.2) is 77.9 Å². The molecule has 31 heavy (non-hydrogen) atoms. The first kappa shape index (κ1) is 20.0. The van der Waals surface area contributed by atoms with Gasteiger partial charge in [-0.1, -0.05) is 42.5 Å². The van der Waals surface area contributed by atoms with Crippen LogP contribution in [0.5, 0.6) is 0 Å². The van der Waals surface area contributed by atoms with Gasteiger partial charge in [0.1, 0.15) is 0 Å². The van der Waals surface area contributed by atoms with E-state index in [4.69, 9.17) is 0 Å². The summed E-state index contributed by atoms with van der Waals surface area (Å²) < 4.78 is 1.92. The minimum atomic E-state index is -0.414. The van der Waals surface area contributed by atoms with Crippen LogP contribution in [0.25, 0.3) is 16.5 Å². The van der Waals surface area contributed by atoms with Gasteiger partial charge < -0.3 is 4.57 Å². The molecule has 4 rings (SSSR count). The third kappa shape index (κ3) is 3.93. The van der Waals surface area contributed by atoms with Crippen LogP contribution in [0.2, 0.25) is 0 Å². The van der Waals surface area contributed by atoms with Gasteiger partial charge in [-0.3, -0.25) is 14.9 Å². The molecule has 0 aliphatic rings. The van der Waals surface area contributed by atoms with Gasteiger partial charge in [-0.25, -0.2) is 5.43 Å². The molecular weight excluding hydrogens is 392 g/mol. The van der Waals surface area contributed by atoms with Crippen LogP contribution in [-0.4, -0.2) is 21.6 Å². The number of aromatic nitrogens is 1. The number of amides is 1. The lowest BCUT2D eigenvalue weighted by molar-refractivity contribution is -0.384. The zero-order valence-electron chi connectivity index (χ0n) is 17.1. The molecule has 1 N–H and O–H groups in total. The molecular formula is C24H20N4O3. The van der Waals surface area contributed by atoms with Gasteiger partial charge >= 0.3 is 0 Å². The first-order chi connectivity index (χ1) is 15.0. The molecule has 1 aromatic heterocycles. The number of fused-ring (bicyclic) bond motifs is 1. The van der Waals surface area contributed by atoms with Crippen LogP contribution in [-0.2, 0) is 0 Å².